The van der Waals surface area contributed by atoms with Gasteiger partial charge in [0.25, 0.3) is 0 Å². The van der Waals surface area contributed by atoms with Crippen LogP contribution in [0.15, 0.2) is 18.2 Å². The third-order valence-corrected chi connectivity index (χ3v) is 2.50. The van der Waals surface area contributed by atoms with Gasteiger partial charge in [-0.2, -0.15) is 13.2 Å². The molecular formula is C11H14F4N2. The summed E-state index contributed by atoms with van der Waals surface area (Å²) in [5.74, 6) is 4.41. The maximum Gasteiger partial charge on any atom is 0.416 e. The maximum absolute atomic E-state index is 13.5. The SMILES string of the molecule is CC(C)C(NN)c1cc(C(F)(F)F)ccc1F. The highest BCUT2D eigenvalue weighted by atomic mass is 19.4. The molecule has 0 radical (unpaired) electrons. The van der Waals surface area contributed by atoms with Crippen LogP contribution in [-0.2, 0) is 6.18 Å². The van der Waals surface area contributed by atoms with Crippen LogP contribution in [0.5, 0.6) is 0 Å². The number of hydrogen-bond acceptors (Lipinski definition) is 2. The molecule has 0 aliphatic heterocycles. The Morgan fingerprint density at radius 3 is 2.24 bits per heavy atom. The highest BCUT2D eigenvalue weighted by Crippen LogP contribution is 2.33. The third-order valence-electron chi connectivity index (χ3n) is 2.50. The lowest BCUT2D eigenvalue weighted by atomic mass is 9.94. The number of rotatable bonds is 3. The van der Waals surface area contributed by atoms with Crippen LogP contribution in [-0.4, -0.2) is 0 Å². The number of nitrogens with two attached hydrogens (primary N) is 1. The molecule has 0 saturated heterocycles. The molecule has 0 spiro atoms. The highest BCUT2D eigenvalue weighted by Gasteiger charge is 2.32. The van der Waals surface area contributed by atoms with Crippen LogP contribution in [0, 0.1) is 11.7 Å². The van der Waals surface area contributed by atoms with E-state index in [0.717, 1.165) is 12.1 Å². The van der Waals surface area contributed by atoms with Crippen LogP contribution in [0.3, 0.4) is 0 Å². The molecule has 3 N–H and O–H groups in total. The number of nitrogens with one attached hydrogen (secondary N) is 1. The predicted octanol–water partition coefficient (Wildman–Crippen LogP) is 3.00. The monoisotopic (exact) mass is 250 g/mol. The molecule has 2 nitrogen and oxygen atoms in total. The van der Waals surface area contributed by atoms with E-state index in [-0.39, 0.29) is 11.5 Å². The molecule has 1 aromatic rings. The van der Waals surface area contributed by atoms with E-state index in [9.17, 15) is 17.6 Å². The minimum atomic E-state index is -4.49. The van der Waals surface area contributed by atoms with Gasteiger partial charge in [-0.1, -0.05) is 13.8 Å². The van der Waals surface area contributed by atoms with Crippen molar-refractivity contribution in [2.24, 2.45) is 11.8 Å². The van der Waals surface area contributed by atoms with Crippen molar-refractivity contribution in [2.75, 3.05) is 0 Å². The second kappa shape index (κ2) is 5.01. The molecule has 0 heterocycles. The van der Waals surface area contributed by atoms with Gasteiger partial charge in [0, 0.05) is 5.56 Å². The largest absolute Gasteiger partial charge is 0.416 e. The Bertz CT molecular complexity index is 388. The van der Waals surface area contributed by atoms with Crippen LogP contribution < -0.4 is 11.3 Å². The fraction of sp³-hybridized carbons (Fsp3) is 0.455. The number of alkyl halides is 3. The first-order valence-electron chi connectivity index (χ1n) is 5.10. The van der Waals surface area contributed by atoms with E-state index in [2.05, 4.69) is 5.43 Å². The quantitative estimate of drug-likeness (QED) is 0.491. The van der Waals surface area contributed by atoms with Crippen molar-refractivity contribution in [3.05, 3.63) is 35.1 Å². The minimum absolute atomic E-state index is 0.0719. The zero-order chi connectivity index (χ0) is 13.2. The lowest BCUT2D eigenvalue weighted by Crippen LogP contribution is -2.32. The average molecular weight is 250 g/mol. The topological polar surface area (TPSA) is 38.0 Å². The standard InChI is InChI=1S/C11H14F4N2/c1-6(2)10(17-16)8-5-7(11(13,14)15)3-4-9(8)12/h3-6,10,17H,16H2,1-2H3. The van der Waals surface area contributed by atoms with Crippen molar-refractivity contribution in [2.45, 2.75) is 26.1 Å². The molecule has 1 rings (SSSR count). The van der Waals surface area contributed by atoms with Gasteiger partial charge < -0.3 is 0 Å². The van der Waals surface area contributed by atoms with E-state index >= 15 is 0 Å². The second-order valence-electron chi connectivity index (χ2n) is 4.12. The van der Waals surface area contributed by atoms with Crippen LogP contribution >= 0.6 is 0 Å². The van der Waals surface area contributed by atoms with Gasteiger partial charge in [-0.05, 0) is 24.1 Å². The summed E-state index contributed by atoms with van der Waals surface area (Å²) in [5, 5.41) is 0. The first-order chi connectivity index (χ1) is 7.77. The summed E-state index contributed by atoms with van der Waals surface area (Å²) >= 11 is 0. The Balaban J connectivity index is 3.23. The Labute approximate surface area is 96.8 Å². The Morgan fingerprint density at radius 1 is 1.24 bits per heavy atom. The Hall–Kier alpha value is -1.14. The van der Waals surface area contributed by atoms with Crippen molar-refractivity contribution in [1.82, 2.24) is 5.43 Å². The van der Waals surface area contributed by atoms with E-state index in [1.165, 1.54) is 0 Å². The van der Waals surface area contributed by atoms with Crippen molar-refractivity contribution >= 4 is 0 Å². The summed E-state index contributed by atoms with van der Waals surface area (Å²) in [6.45, 7) is 3.48. The zero-order valence-electron chi connectivity index (χ0n) is 9.48. The Kier molecular flexibility index (Phi) is 4.11. The maximum atomic E-state index is 13.5. The van der Waals surface area contributed by atoms with Crippen LogP contribution in [0.1, 0.15) is 31.0 Å². The van der Waals surface area contributed by atoms with Crippen LogP contribution in [0.25, 0.3) is 0 Å². The van der Waals surface area contributed by atoms with Crippen LogP contribution in [0.2, 0.25) is 0 Å². The zero-order valence-corrected chi connectivity index (χ0v) is 9.48. The number of benzene rings is 1. The smallest absolute Gasteiger partial charge is 0.271 e. The van der Waals surface area contributed by atoms with E-state index in [1.54, 1.807) is 13.8 Å². The molecule has 0 amide bonds. The van der Waals surface area contributed by atoms with Crippen LogP contribution in [0.4, 0.5) is 17.6 Å². The Morgan fingerprint density at radius 2 is 1.82 bits per heavy atom. The summed E-state index contributed by atoms with van der Waals surface area (Å²) in [7, 11) is 0. The van der Waals surface area contributed by atoms with E-state index in [4.69, 9.17) is 5.84 Å². The van der Waals surface area contributed by atoms with Gasteiger partial charge >= 0.3 is 6.18 Å². The van der Waals surface area contributed by atoms with E-state index in [0.29, 0.717) is 6.07 Å². The fourth-order valence-electron chi connectivity index (χ4n) is 1.60. The lowest BCUT2D eigenvalue weighted by molar-refractivity contribution is -0.137. The second-order valence-corrected chi connectivity index (χ2v) is 4.12. The van der Waals surface area contributed by atoms with Gasteiger partial charge in [0.1, 0.15) is 5.82 Å². The lowest BCUT2D eigenvalue weighted by Gasteiger charge is -2.21. The molecule has 6 heteroatoms. The summed E-state index contributed by atoms with van der Waals surface area (Å²) in [6.07, 6.45) is -4.49. The van der Waals surface area contributed by atoms with Gasteiger partial charge in [0.05, 0.1) is 11.6 Å². The first-order valence-corrected chi connectivity index (χ1v) is 5.10. The van der Waals surface area contributed by atoms with Gasteiger partial charge in [-0.15, -0.1) is 0 Å². The van der Waals surface area contributed by atoms with Crippen molar-refractivity contribution in [3.8, 4) is 0 Å². The number of hydrazine groups is 1. The molecule has 0 aliphatic carbocycles. The van der Waals surface area contributed by atoms with Gasteiger partial charge in [-0.3, -0.25) is 11.3 Å². The van der Waals surface area contributed by atoms with Crippen molar-refractivity contribution in [1.29, 1.82) is 0 Å². The molecule has 0 saturated carbocycles. The molecular weight excluding hydrogens is 236 g/mol. The summed E-state index contributed by atoms with van der Waals surface area (Å²) in [4.78, 5) is 0. The van der Waals surface area contributed by atoms with Gasteiger partial charge in [0.2, 0.25) is 0 Å². The fourth-order valence-corrected chi connectivity index (χ4v) is 1.60. The molecule has 0 bridgehead atoms. The van der Waals surface area contributed by atoms with Gasteiger partial charge in [0.15, 0.2) is 0 Å². The molecule has 0 fully saturated rings. The molecule has 96 valence electrons. The molecule has 17 heavy (non-hydrogen) atoms. The van der Waals surface area contributed by atoms with E-state index in [1.807, 2.05) is 0 Å². The molecule has 0 aliphatic rings. The minimum Gasteiger partial charge on any atom is -0.271 e. The third kappa shape index (κ3) is 3.17. The van der Waals surface area contributed by atoms with Crippen molar-refractivity contribution in [3.63, 3.8) is 0 Å². The van der Waals surface area contributed by atoms with Gasteiger partial charge in [-0.25, -0.2) is 4.39 Å². The molecule has 1 aromatic carbocycles. The summed E-state index contributed by atoms with van der Waals surface area (Å²) in [5.41, 5.74) is 1.38. The molecule has 0 aromatic heterocycles. The summed E-state index contributed by atoms with van der Waals surface area (Å²) in [6, 6.07) is 1.66. The molecule has 1 atom stereocenters. The van der Waals surface area contributed by atoms with E-state index < -0.39 is 23.6 Å². The highest BCUT2D eigenvalue weighted by molar-refractivity contribution is 5.29. The van der Waals surface area contributed by atoms with Crippen molar-refractivity contribution < 1.29 is 17.6 Å². The first kappa shape index (κ1) is 13.9. The molecule has 1 unspecified atom stereocenters. The number of hydrogen-bond donors (Lipinski definition) is 2. The number of halogens is 4. The predicted molar refractivity (Wildman–Crippen MR) is 56.3 cm³/mol. The average Bonchev–Trinajstić information content (AvgIpc) is 2.19. The summed E-state index contributed by atoms with van der Waals surface area (Å²) < 4.78 is 51.0. The normalized spacial score (nSPS) is 14.1.